The summed E-state index contributed by atoms with van der Waals surface area (Å²) < 4.78 is 36.3. The zero-order chi connectivity index (χ0) is 30.0. The van der Waals surface area contributed by atoms with E-state index < -0.39 is 41.9 Å². The van der Waals surface area contributed by atoms with Crippen LogP contribution in [0.5, 0.6) is 17.2 Å². The molecule has 0 spiro atoms. The summed E-state index contributed by atoms with van der Waals surface area (Å²) in [6.07, 6.45) is 1.67. The first kappa shape index (κ1) is 32.8. The maximum Gasteiger partial charge on any atom is 0.329 e. The number of pyridine rings is 1. The van der Waals surface area contributed by atoms with Crippen molar-refractivity contribution < 1.29 is 37.7 Å². The first-order valence-corrected chi connectivity index (χ1v) is 13.6. The maximum absolute atomic E-state index is 14.0. The molecule has 0 aliphatic rings. The SMILES string of the molecule is CCC(CC)[C@H](Oc1cc(F)cc(Cl)c1)[C@H](C)OC(=O)[C@H](CC(C)C)NC(=O)c1nccc(OC)c1OC(C)=O. The van der Waals surface area contributed by atoms with Crippen LogP contribution in [0.15, 0.2) is 30.5 Å². The van der Waals surface area contributed by atoms with Crippen molar-refractivity contribution in [3.63, 3.8) is 0 Å². The van der Waals surface area contributed by atoms with Crippen LogP contribution in [-0.2, 0) is 14.3 Å². The van der Waals surface area contributed by atoms with E-state index in [1.807, 2.05) is 27.7 Å². The average Bonchev–Trinajstić information content (AvgIpc) is 2.87. The summed E-state index contributed by atoms with van der Waals surface area (Å²) in [7, 11) is 1.36. The third-order valence-electron chi connectivity index (χ3n) is 6.23. The molecule has 0 radical (unpaired) electrons. The second kappa shape index (κ2) is 15.4. The first-order valence-electron chi connectivity index (χ1n) is 13.2. The van der Waals surface area contributed by atoms with Crippen molar-refractivity contribution in [2.45, 2.75) is 79.1 Å². The van der Waals surface area contributed by atoms with Crippen LogP contribution < -0.4 is 19.5 Å². The molecule has 2 aromatic rings. The Morgan fingerprint density at radius 1 is 1.10 bits per heavy atom. The van der Waals surface area contributed by atoms with E-state index in [0.29, 0.717) is 0 Å². The van der Waals surface area contributed by atoms with Gasteiger partial charge >= 0.3 is 11.9 Å². The number of nitrogens with one attached hydrogen (secondary N) is 1. The number of ether oxygens (including phenoxy) is 4. The number of amides is 1. The van der Waals surface area contributed by atoms with Gasteiger partial charge in [-0.05, 0) is 50.2 Å². The number of esters is 2. The van der Waals surface area contributed by atoms with Gasteiger partial charge < -0.3 is 24.3 Å². The van der Waals surface area contributed by atoms with E-state index in [4.69, 9.17) is 30.5 Å². The predicted molar refractivity (Wildman–Crippen MR) is 148 cm³/mol. The Morgan fingerprint density at radius 2 is 1.77 bits per heavy atom. The van der Waals surface area contributed by atoms with E-state index in [9.17, 15) is 18.8 Å². The second-order valence-electron chi connectivity index (χ2n) is 9.85. The van der Waals surface area contributed by atoms with Crippen molar-refractivity contribution in [2.75, 3.05) is 7.11 Å². The number of nitrogens with zero attached hydrogens (tertiary/aromatic N) is 1. The Labute approximate surface area is 239 Å². The Morgan fingerprint density at radius 3 is 2.33 bits per heavy atom. The summed E-state index contributed by atoms with van der Waals surface area (Å²) in [4.78, 5) is 42.3. The van der Waals surface area contributed by atoms with Crippen LogP contribution >= 0.6 is 11.6 Å². The van der Waals surface area contributed by atoms with Gasteiger partial charge in [0.15, 0.2) is 11.4 Å². The Balaban J connectivity index is 2.30. The molecule has 1 aromatic carbocycles. The number of hydrogen-bond donors (Lipinski definition) is 1. The Hall–Kier alpha value is -3.40. The smallest absolute Gasteiger partial charge is 0.329 e. The molecular weight excluding hydrogens is 543 g/mol. The third-order valence-corrected chi connectivity index (χ3v) is 6.45. The molecule has 0 saturated carbocycles. The van der Waals surface area contributed by atoms with Crippen molar-refractivity contribution in [1.82, 2.24) is 10.3 Å². The molecule has 9 nitrogen and oxygen atoms in total. The van der Waals surface area contributed by atoms with Gasteiger partial charge in [-0.3, -0.25) is 9.59 Å². The van der Waals surface area contributed by atoms with Gasteiger partial charge in [-0.25, -0.2) is 14.2 Å². The number of rotatable bonds is 14. The Kier molecular flexibility index (Phi) is 12.6. The minimum absolute atomic E-state index is 0.0138. The summed E-state index contributed by atoms with van der Waals surface area (Å²) in [5, 5.41) is 2.85. The van der Waals surface area contributed by atoms with E-state index in [0.717, 1.165) is 12.8 Å². The summed E-state index contributed by atoms with van der Waals surface area (Å²) in [6.45, 7) is 10.6. The van der Waals surface area contributed by atoms with Crippen molar-refractivity contribution in [3.05, 3.63) is 47.0 Å². The van der Waals surface area contributed by atoms with Gasteiger partial charge in [-0.2, -0.15) is 0 Å². The molecule has 0 aliphatic carbocycles. The zero-order valence-electron chi connectivity index (χ0n) is 24.0. The quantitative estimate of drug-likeness (QED) is 0.280. The molecule has 1 N–H and O–H groups in total. The van der Waals surface area contributed by atoms with Gasteiger partial charge in [-0.1, -0.05) is 39.3 Å². The molecule has 220 valence electrons. The largest absolute Gasteiger partial charge is 0.493 e. The molecule has 1 heterocycles. The lowest BCUT2D eigenvalue weighted by atomic mass is 9.93. The molecular formula is C29H38ClFN2O7. The fourth-order valence-electron chi connectivity index (χ4n) is 4.32. The van der Waals surface area contributed by atoms with Crippen molar-refractivity contribution >= 4 is 29.4 Å². The van der Waals surface area contributed by atoms with Gasteiger partial charge in [0, 0.05) is 30.3 Å². The minimum Gasteiger partial charge on any atom is -0.493 e. The van der Waals surface area contributed by atoms with E-state index in [-0.39, 0.29) is 46.2 Å². The maximum atomic E-state index is 14.0. The van der Waals surface area contributed by atoms with E-state index in [1.165, 1.54) is 44.5 Å². The Bertz CT molecular complexity index is 1150. The lowest BCUT2D eigenvalue weighted by Crippen LogP contribution is -2.47. The lowest BCUT2D eigenvalue weighted by molar-refractivity contribution is -0.157. The fourth-order valence-corrected chi connectivity index (χ4v) is 4.53. The van der Waals surface area contributed by atoms with E-state index in [2.05, 4.69) is 10.3 Å². The lowest BCUT2D eigenvalue weighted by Gasteiger charge is -2.32. The van der Waals surface area contributed by atoms with Gasteiger partial charge in [0.05, 0.1) is 7.11 Å². The summed E-state index contributed by atoms with van der Waals surface area (Å²) in [5.41, 5.74) is -0.217. The monoisotopic (exact) mass is 580 g/mol. The van der Waals surface area contributed by atoms with Crippen molar-refractivity contribution in [3.8, 4) is 17.2 Å². The van der Waals surface area contributed by atoms with Gasteiger partial charge in [0.1, 0.15) is 29.8 Å². The van der Waals surface area contributed by atoms with Crippen LogP contribution in [0.2, 0.25) is 5.02 Å². The van der Waals surface area contributed by atoms with Crippen LogP contribution in [0.3, 0.4) is 0 Å². The molecule has 0 saturated heterocycles. The third kappa shape index (κ3) is 9.36. The molecule has 40 heavy (non-hydrogen) atoms. The van der Waals surface area contributed by atoms with E-state index >= 15 is 0 Å². The number of halogens is 2. The number of methoxy groups -OCH3 is 1. The second-order valence-corrected chi connectivity index (χ2v) is 10.3. The number of hydrogen-bond acceptors (Lipinski definition) is 8. The topological polar surface area (TPSA) is 113 Å². The summed E-state index contributed by atoms with van der Waals surface area (Å²) in [5.74, 6) is -2.44. The molecule has 0 unspecified atom stereocenters. The molecule has 0 bridgehead atoms. The average molecular weight is 581 g/mol. The zero-order valence-corrected chi connectivity index (χ0v) is 24.7. The normalized spacial score (nSPS) is 13.4. The standard InChI is InChI=1S/C29H38ClFN2O7/c1-8-19(9-2)26(40-22-14-20(30)13-21(31)15-22)17(5)38-29(36)23(12-16(3)4)33-28(35)25-27(39-18(6)34)24(37-7)10-11-32-25/h10-11,13-17,19,23,26H,8-9,12H2,1-7H3,(H,33,35)/t17-,23-,26+/m0/s1. The van der Waals surface area contributed by atoms with Gasteiger partial charge in [0.25, 0.3) is 5.91 Å². The van der Waals surface area contributed by atoms with Gasteiger partial charge in [-0.15, -0.1) is 0 Å². The molecule has 3 atom stereocenters. The van der Waals surface area contributed by atoms with Crippen LogP contribution in [0.25, 0.3) is 0 Å². The molecule has 11 heteroatoms. The molecule has 1 aromatic heterocycles. The van der Waals surface area contributed by atoms with Crippen LogP contribution in [0.4, 0.5) is 4.39 Å². The number of carbonyl (C=O) groups excluding carboxylic acids is 3. The van der Waals surface area contributed by atoms with Crippen LogP contribution in [0.1, 0.15) is 71.3 Å². The van der Waals surface area contributed by atoms with Crippen LogP contribution in [0, 0.1) is 17.7 Å². The van der Waals surface area contributed by atoms with E-state index in [1.54, 1.807) is 6.92 Å². The first-order chi connectivity index (χ1) is 18.9. The highest BCUT2D eigenvalue weighted by atomic mass is 35.5. The van der Waals surface area contributed by atoms with Crippen molar-refractivity contribution in [2.24, 2.45) is 11.8 Å². The summed E-state index contributed by atoms with van der Waals surface area (Å²) >= 11 is 6.01. The van der Waals surface area contributed by atoms with Gasteiger partial charge in [0.2, 0.25) is 5.75 Å². The summed E-state index contributed by atoms with van der Waals surface area (Å²) in [6, 6.07) is 4.30. The highest BCUT2D eigenvalue weighted by Gasteiger charge is 2.33. The number of aromatic nitrogens is 1. The van der Waals surface area contributed by atoms with Crippen molar-refractivity contribution in [1.29, 1.82) is 0 Å². The fraction of sp³-hybridized carbons (Fsp3) is 0.517. The highest BCUT2D eigenvalue weighted by Crippen LogP contribution is 2.30. The molecule has 1 amide bonds. The van der Waals surface area contributed by atoms with Crippen LogP contribution in [-0.4, -0.2) is 48.2 Å². The highest BCUT2D eigenvalue weighted by molar-refractivity contribution is 6.30. The number of benzene rings is 1. The predicted octanol–water partition coefficient (Wildman–Crippen LogP) is 5.77. The number of carbonyl (C=O) groups is 3. The molecule has 0 aliphatic heterocycles. The molecule has 0 fully saturated rings. The molecule has 2 rings (SSSR count). The minimum atomic E-state index is -1.04.